The molecule has 0 radical (unpaired) electrons. The first-order valence-electron chi connectivity index (χ1n) is 6.26. The molecule has 2 rings (SSSR count). The number of aromatic hydroxyl groups is 1. The molecule has 0 aliphatic carbocycles. The van der Waals surface area contributed by atoms with Crippen molar-refractivity contribution in [3.8, 4) is 5.75 Å². The highest BCUT2D eigenvalue weighted by molar-refractivity contribution is 9.10. The van der Waals surface area contributed by atoms with Crippen LogP contribution in [-0.2, 0) is 0 Å². The zero-order valence-electron chi connectivity index (χ0n) is 11.2. The quantitative estimate of drug-likeness (QED) is 0.796. The smallest absolute Gasteiger partial charge is 0.140 e. The number of hydrogen-bond donors (Lipinski definition) is 2. The van der Waals surface area contributed by atoms with Gasteiger partial charge in [0, 0.05) is 42.3 Å². The highest BCUT2D eigenvalue weighted by Crippen LogP contribution is 2.40. The van der Waals surface area contributed by atoms with Gasteiger partial charge in [0.2, 0.25) is 0 Å². The Morgan fingerprint density at radius 3 is 2.50 bits per heavy atom. The van der Waals surface area contributed by atoms with E-state index < -0.39 is 0 Å². The zero-order chi connectivity index (χ0) is 13.1. The molecule has 0 amide bonds. The van der Waals surface area contributed by atoms with Crippen LogP contribution in [0.25, 0.3) is 0 Å². The molecule has 0 spiro atoms. The summed E-state index contributed by atoms with van der Waals surface area (Å²) in [5.74, 6) is 0.205. The second-order valence-corrected chi connectivity index (χ2v) is 5.76. The average molecular weight is 407 g/mol. The highest BCUT2D eigenvalue weighted by atomic mass is 79.9. The summed E-state index contributed by atoms with van der Waals surface area (Å²) in [6, 6.07) is 3.83. The molecule has 0 bridgehead atoms. The molecule has 1 aliphatic rings. The first-order chi connectivity index (χ1) is 8.65. The van der Waals surface area contributed by atoms with Crippen molar-refractivity contribution in [1.29, 1.82) is 0 Å². The van der Waals surface area contributed by atoms with Crippen molar-refractivity contribution >= 4 is 52.3 Å². The highest BCUT2D eigenvalue weighted by Gasteiger charge is 2.25. The largest absolute Gasteiger partial charge is 0.506 e. The Balaban J connectivity index is 0.00000180. The van der Waals surface area contributed by atoms with Crippen LogP contribution in [0.15, 0.2) is 16.6 Å². The Morgan fingerprint density at radius 2 is 1.95 bits per heavy atom. The molecule has 2 N–H and O–H groups in total. The maximum absolute atomic E-state index is 10.2. The Hall–Kier alpha value is 0.290. The molecule has 1 heterocycles. The maximum atomic E-state index is 10.2. The zero-order valence-corrected chi connectivity index (χ0v) is 15.2. The summed E-state index contributed by atoms with van der Waals surface area (Å²) in [6.07, 6.45) is 0.951. The average Bonchev–Trinajstić information content (AvgIpc) is 2.40. The number of halogens is 4. The van der Waals surface area contributed by atoms with Crippen LogP contribution in [0.5, 0.6) is 5.75 Å². The van der Waals surface area contributed by atoms with E-state index in [0.717, 1.165) is 42.6 Å². The molecule has 1 saturated heterocycles. The predicted octanol–water partition coefficient (Wildman–Crippen LogP) is 4.01. The number of piperazine rings is 1. The third-order valence-corrected chi connectivity index (χ3v) is 4.42. The number of nitrogens with zero attached hydrogens (tertiary/aromatic N) is 1. The topological polar surface area (TPSA) is 35.5 Å². The van der Waals surface area contributed by atoms with Crippen molar-refractivity contribution in [1.82, 2.24) is 10.2 Å². The fraction of sp³-hybridized carbons (Fsp3) is 0.538. The van der Waals surface area contributed by atoms with Gasteiger partial charge in [-0.15, -0.1) is 24.8 Å². The van der Waals surface area contributed by atoms with E-state index in [0.29, 0.717) is 5.02 Å². The van der Waals surface area contributed by atoms with Gasteiger partial charge in [-0.2, -0.15) is 0 Å². The van der Waals surface area contributed by atoms with Crippen LogP contribution < -0.4 is 5.32 Å². The van der Waals surface area contributed by atoms with E-state index in [-0.39, 0.29) is 36.6 Å². The van der Waals surface area contributed by atoms with Gasteiger partial charge < -0.3 is 10.4 Å². The summed E-state index contributed by atoms with van der Waals surface area (Å²) in [4.78, 5) is 2.40. The number of benzene rings is 1. The number of phenolic OH excluding ortho intramolecular Hbond substituents is 1. The number of rotatable bonds is 3. The fourth-order valence-electron chi connectivity index (χ4n) is 2.51. The predicted molar refractivity (Wildman–Crippen MR) is 92.8 cm³/mol. The first kappa shape index (κ1) is 20.3. The van der Waals surface area contributed by atoms with Crippen molar-refractivity contribution in [2.24, 2.45) is 0 Å². The summed E-state index contributed by atoms with van der Waals surface area (Å²) in [7, 11) is 0. The molecule has 116 valence electrons. The van der Waals surface area contributed by atoms with Crippen molar-refractivity contribution in [3.63, 3.8) is 0 Å². The molecule has 3 nitrogen and oxygen atoms in total. The van der Waals surface area contributed by atoms with Gasteiger partial charge in [-0.05, 0) is 18.6 Å². The minimum absolute atomic E-state index is 0. The van der Waals surface area contributed by atoms with Crippen LogP contribution in [0.4, 0.5) is 0 Å². The fourth-order valence-corrected chi connectivity index (χ4v) is 3.26. The second kappa shape index (κ2) is 9.34. The molecule has 20 heavy (non-hydrogen) atoms. The van der Waals surface area contributed by atoms with E-state index in [1.807, 2.05) is 6.07 Å². The summed E-state index contributed by atoms with van der Waals surface area (Å²) in [6.45, 7) is 6.12. The minimum Gasteiger partial charge on any atom is -0.506 e. The van der Waals surface area contributed by atoms with Crippen LogP contribution >= 0.6 is 52.3 Å². The lowest BCUT2D eigenvalue weighted by atomic mass is 10.0. The van der Waals surface area contributed by atoms with Crippen LogP contribution in [0.1, 0.15) is 24.9 Å². The van der Waals surface area contributed by atoms with E-state index in [1.54, 1.807) is 6.07 Å². The lowest BCUT2D eigenvalue weighted by molar-refractivity contribution is 0.166. The van der Waals surface area contributed by atoms with Gasteiger partial charge >= 0.3 is 0 Å². The Morgan fingerprint density at radius 1 is 1.35 bits per heavy atom. The normalized spacial score (nSPS) is 16.9. The SMILES string of the molecule is CC[C@H](c1c(Br)ccc(Cl)c1O)N1CCNCC1.Cl.Cl. The van der Waals surface area contributed by atoms with Crippen molar-refractivity contribution in [3.05, 3.63) is 27.2 Å². The molecule has 0 saturated carbocycles. The van der Waals surface area contributed by atoms with Gasteiger partial charge in [0.15, 0.2) is 0 Å². The number of phenols is 1. The molecule has 7 heteroatoms. The van der Waals surface area contributed by atoms with Crippen molar-refractivity contribution < 1.29 is 5.11 Å². The molecule has 1 fully saturated rings. The second-order valence-electron chi connectivity index (χ2n) is 4.50. The molecule has 0 unspecified atom stereocenters. The molecular formula is C13H20BrCl3N2O. The first-order valence-corrected chi connectivity index (χ1v) is 7.44. The Kier molecular flexibility index (Phi) is 9.47. The van der Waals surface area contributed by atoms with Gasteiger partial charge in [0.05, 0.1) is 5.02 Å². The van der Waals surface area contributed by atoms with Gasteiger partial charge in [0.1, 0.15) is 5.75 Å². The molecule has 1 aromatic carbocycles. The molecule has 1 atom stereocenters. The van der Waals surface area contributed by atoms with E-state index >= 15 is 0 Å². The summed E-state index contributed by atoms with van der Waals surface area (Å²) in [5, 5.41) is 14.0. The molecular weight excluding hydrogens is 386 g/mol. The summed E-state index contributed by atoms with van der Waals surface area (Å²) >= 11 is 9.55. The molecule has 0 aromatic heterocycles. The van der Waals surface area contributed by atoms with E-state index in [4.69, 9.17) is 11.6 Å². The number of nitrogens with one attached hydrogen (secondary N) is 1. The van der Waals surface area contributed by atoms with Crippen molar-refractivity contribution in [2.45, 2.75) is 19.4 Å². The van der Waals surface area contributed by atoms with E-state index in [9.17, 15) is 5.11 Å². The monoisotopic (exact) mass is 404 g/mol. The minimum atomic E-state index is 0. The van der Waals surface area contributed by atoms with Gasteiger partial charge in [-0.3, -0.25) is 4.90 Å². The van der Waals surface area contributed by atoms with Crippen LogP contribution in [0.2, 0.25) is 5.02 Å². The van der Waals surface area contributed by atoms with Crippen LogP contribution in [-0.4, -0.2) is 36.2 Å². The van der Waals surface area contributed by atoms with Crippen LogP contribution in [0.3, 0.4) is 0 Å². The van der Waals surface area contributed by atoms with Crippen molar-refractivity contribution in [2.75, 3.05) is 26.2 Å². The third-order valence-electron chi connectivity index (χ3n) is 3.43. The standard InChI is InChI=1S/C13H18BrClN2O.2ClH/c1-2-11(17-7-5-16-6-8-17)12-9(14)3-4-10(15)13(12)18;;/h3-4,11,16,18H,2,5-8H2,1H3;2*1H/t11-;;/m1../s1. The lowest BCUT2D eigenvalue weighted by Crippen LogP contribution is -2.45. The molecule has 1 aromatic rings. The van der Waals surface area contributed by atoms with Crippen LogP contribution in [0, 0.1) is 0 Å². The number of hydrogen-bond acceptors (Lipinski definition) is 3. The maximum Gasteiger partial charge on any atom is 0.140 e. The van der Waals surface area contributed by atoms with Gasteiger partial charge in [-0.1, -0.05) is 34.5 Å². The van der Waals surface area contributed by atoms with Gasteiger partial charge in [-0.25, -0.2) is 0 Å². The van der Waals surface area contributed by atoms with E-state index in [1.165, 1.54) is 0 Å². The summed E-state index contributed by atoms with van der Waals surface area (Å²) < 4.78 is 0.926. The Bertz CT molecular complexity index is 428. The lowest BCUT2D eigenvalue weighted by Gasteiger charge is -2.35. The summed E-state index contributed by atoms with van der Waals surface area (Å²) in [5.41, 5.74) is 0.909. The molecule has 1 aliphatic heterocycles. The third kappa shape index (κ3) is 4.39. The Labute approximate surface area is 146 Å². The van der Waals surface area contributed by atoms with Gasteiger partial charge in [0.25, 0.3) is 0 Å². The van der Waals surface area contributed by atoms with E-state index in [2.05, 4.69) is 33.1 Å².